The number of carbonyl (C=O) groups is 2. The zero-order valence-corrected chi connectivity index (χ0v) is 18.2. The van der Waals surface area contributed by atoms with Gasteiger partial charge in [-0.15, -0.1) is 0 Å². The highest BCUT2D eigenvalue weighted by molar-refractivity contribution is 6.04. The van der Waals surface area contributed by atoms with E-state index >= 15 is 0 Å². The summed E-state index contributed by atoms with van der Waals surface area (Å²) >= 11 is 0. The van der Waals surface area contributed by atoms with E-state index in [9.17, 15) is 18.8 Å². The highest BCUT2D eigenvalue weighted by atomic mass is 19.1. The van der Waals surface area contributed by atoms with E-state index in [0.717, 1.165) is 6.42 Å². The molecule has 3 heterocycles. The van der Waals surface area contributed by atoms with Crippen molar-refractivity contribution in [1.29, 1.82) is 5.26 Å². The number of nitrogens with one attached hydrogen (secondary N) is 1. The normalized spacial score (nSPS) is 18.5. The summed E-state index contributed by atoms with van der Waals surface area (Å²) in [5.74, 6) is -0.935. The Morgan fingerprint density at radius 3 is 2.35 bits per heavy atom. The minimum atomic E-state index is -0.400. The molecule has 3 aromatic rings. The molecule has 2 aliphatic heterocycles. The third-order valence-electron chi connectivity index (χ3n) is 6.49. The smallest absolute Gasteiger partial charge is 0.255 e. The molecule has 34 heavy (non-hydrogen) atoms. The number of rotatable bonds is 3. The van der Waals surface area contributed by atoms with E-state index < -0.39 is 5.82 Å². The summed E-state index contributed by atoms with van der Waals surface area (Å²) in [7, 11) is 0. The molecule has 0 aliphatic carbocycles. The zero-order chi connectivity index (χ0) is 23.8. The molecule has 8 heteroatoms. The maximum Gasteiger partial charge on any atom is 0.255 e. The van der Waals surface area contributed by atoms with Crippen LogP contribution in [0, 0.1) is 23.1 Å². The second kappa shape index (κ2) is 8.60. The maximum absolute atomic E-state index is 13.3. The third-order valence-corrected chi connectivity index (χ3v) is 6.49. The Morgan fingerprint density at radius 2 is 1.65 bits per heavy atom. The Balaban J connectivity index is 1.43. The summed E-state index contributed by atoms with van der Waals surface area (Å²) in [6.45, 7) is 1.37. The number of anilines is 1. The summed E-state index contributed by atoms with van der Waals surface area (Å²) < 4.78 is 15.0. The van der Waals surface area contributed by atoms with Crippen molar-refractivity contribution >= 4 is 17.5 Å². The van der Waals surface area contributed by atoms with E-state index in [2.05, 4.69) is 5.32 Å². The van der Waals surface area contributed by atoms with Gasteiger partial charge in [0.1, 0.15) is 5.82 Å². The fourth-order valence-electron chi connectivity index (χ4n) is 4.95. The van der Waals surface area contributed by atoms with Gasteiger partial charge in [-0.2, -0.15) is 5.26 Å². The van der Waals surface area contributed by atoms with Gasteiger partial charge >= 0.3 is 0 Å². The van der Waals surface area contributed by atoms with Crippen LogP contribution < -0.4 is 10.9 Å². The van der Waals surface area contributed by atoms with Crippen molar-refractivity contribution in [2.45, 2.75) is 18.9 Å². The second-order valence-electron chi connectivity index (χ2n) is 8.74. The van der Waals surface area contributed by atoms with Gasteiger partial charge in [-0.3, -0.25) is 14.4 Å². The number of halogens is 1. The van der Waals surface area contributed by atoms with Crippen molar-refractivity contribution in [3.8, 4) is 6.07 Å². The van der Waals surface area contributed by atoms with Gasteiger partial charge in [0.2, 0.25) is 0 Å². The quantitative estimate of drug-likeness (QED) is 0.654. The van der Waals surface area contributed by atoms with Gasteiger partial charge in [0.15, 0.2) is 0 Å². The van der Waals surface area contributed by atoms with Crippen molar-refractivity contribution in [1.82, 2.24) is 9.47 Å². The standard InChI is InChI=1S/C26H21FN4O3/c27-21-7-5-19(6-8-21)26(34)30-13-17-11-20(15-30)24-22(9-10-23(32)31(24)14-17)29-25(33)18-3-1-16(12-28)2-4-18/h1-10,17,20H,11,13-15H2,(H,29,33)/t17-,20+/m0/s1. The highest BCUT2D eigenvalue weighted by Crippen LogP contribution is 2.39. The van der Waals surface area contributed by atoms with Gasteiger partial charge in [-0.1, -0.05) is 0 Å². The molecule has 0 saturated carbocycles. The zero-order valence-electron chi connectivity index (χ0n) is 18.2. The molecule has 7 nitrogen and oxygen atoms in total. The Morgan fingerprint density at radius 1 is 0.941 bits per heavy atom. The van der Waals surface area contributed by atoms with Crippen molar-refractivity contribution in [3.63, 3.8) is 0 Å². The first kappa shape index (κ1) is 21.6. The van der Waals surface area contributed by atoms with Crippen LogP contribution in [0.4, 0.5) is 10.1 Å². The third kappa shape index (κ3) is 3.97. The SMILES string of the molecule is N#Cc1ccc(C(=O)Nc2ccc(=O)n3c2[C@@H]2C[C@@H](CN(C(=O)c4ccc(F)cc4)C2)C3)cc1. The number of fused-ring (bicyclic) bond motifs is 4. The Labute approximate surface area is 195 Å². The molecule has 1 fully saturated rings. The lowest BCUT2D eigenvalue weighted by molar-refractivity contribution is 0.0595. The highest BCUT2D eigenvalue weighted by Gasteiger charge is 2.38. The number of aromatic nitrogens is 1. The van der Waals surface area contributed by atoms with Gasteiger partial charge in [-0.25, -0.2) is 4.39 Å². The van der Waals surface area contributed by atoms with Crippen LogP contribution in [0.3, 0.4) is 0 Å². The number of pyridine rings is 1. The van der Waals surface area contributed by atoms with Crippen LogP contribution in [-0.2, 0) is 6.54 Å². The van der Waals surface area contributed by atoms with E-state index in [1.807, 2.05) is 6.07 Å². The largest absolute Gasteiger partial charge is 0.338 e. The lowest BCUT2D eigenvalue weighted by Gasteiger charge is -2.43. The Bertz CT molecular complexity index is 1370. The van der Waals surface area contributed by atoms with Crippen LogP contribution in [0.5, 0.6) is 0 Å². The molecule has 2 amide bonds. The number of hydrogen-bond acceptors (Lipinski definition) is 4. The van der Waals surface area contributed by atoms with Gasteiger partial charge in [-0.05, 0) is 66.9 Å². The van der Waals surface area contributed by atoms with E-state index in [0.29, 0.717) is 47.7 Å². The van der Waals surface area contributed by atoms with Gasteiger partial charge in [0, 0.05) is 48.4 Å². The lowest BCUT2D eigenvalue weighted by atomic mass is 9.82. The number of carbonyl (C=O) groups excluding carboxylic acids is 2. The first-order chi connectivity index (χ1) is 16.4. The van der Waals surface area contributed by atoms with E-state index in [4.69, 9.17) is 5.26 Å². The summed E-state index contributed by atoms with van der Waals surface area (Å²) in [4.78, 5) is 40.3. The molecule has 1 saturated heterocycles. The van der Waals surface area contributed by atoms with E-state index in [1.54, 1.807) is 39.8 Å². The van der Waals surface area contributed by atoms with Crippen molar-refractivity contribution in [2.24, 2.45) is 5.92 Å². The first-order valence-electron chi connectivity index (χ1n) is 11.0. The predicted octanol–water partition coefficient (Wildman–Crippen LogP) is 3.37. The van der Waals surface area contributed by atoms with Crippen LogP contribution in [0.2, 0.25) is 0 Å². The number of benzene rings is 2. The Hall–Kier alpha value is -4.25. The summed E-state index contributed by atoms with van der Waals surface area (Å²) in [5.41, 5.74) is 2.38. The van der Waals surface area contributed by atoms with Gasteiger partial charge in [0.05, 0.1) is 17.3 Å². The molecular weight excluding hydrogens is 435 g/mol. The number of nitrogens with zero attached hydrogens (tertiary/aromatic N) is 3. The van der Waals surface area contributed by atoms with Crippen LogP contribution in [0.15, 0.2) is 65.5 Å². The fourth-order valence-corrected chi connectivity index (χ4v) is 4.95. The topological polar surface area (TPSA) is 95.2 Å². The van der Waals surface area contributed by atoms with Gasteiger partial charge in [0.25, 0.3) is 17.4 Å². The molecule has 0 unspecified atom stereocenters. The Kier molecular flexibility index (Phi) is 5.46. The van der Waals surface area contributed by atoms with E-state index in [1.165, 1.54) is 30.3 Å². The van der Waals surface area contributed by atoms with E-state index in [-0.39, 0.29) is 29.2 Å². The number of piperidine rings is 1. The molecule has 0 radical (unpaired) electrons. The lowest BCUT2D eigenvalue weighted by Crippen LogP contribution is -2.49. The summed E-state index contributed by atoms with van der Waals surface area (Å²) in [6, 6.07) is 16.9. The minimum Gasteiger partial charge on any atom is -0.338 e. The summed E-state index contributed by atoms with van der Waals surface area (Å²) in [5, 5.41) is 11.9. The molecule has 2 aromatic carbocycles. The molecule has 5 rings (SSSR count). The average Bonchev–Trinajstić information content (AvgIpc) is 2.85. The molecule has 0 spiro atoms. The number of hydrogen-bond donors (Lipinski definition) is 1. The van der Waals surface area contributed by atoms with Gasteiger partial charge < -0.3 is 14.8 Å². The van der Waals surface area contributed by atoms with Crippen LogP contribution in [-0.4, -0.2) is 34.4 Å². The average molecular weight is 456 g/mol. The molecule has 1 N–H and O–H groups in total. The van der Waals surface area contributed by atoms with Crippen LogP contribution in [0.1, 0.15) is 44.3 Å². The predicted molar refractivity (Wildman–Crippen MR) is 123 cm³/mol. The molecule has 170 valence electrons. The monoisotopic (exact) mass is 456 g/mol. The van der Waals surface area contributed by atoms with Crippen LogP contribution in [0.25, 0.3) is 0 Å². The van der Waals surface area contributed by atoms with Crippen molar-refractivity contribution in [2.75, 3.05) is 18.4 Å². The first-order valence-corrected chi connectivity index (χ1v) is 11.0. The summed E-state index contributed by atoms with van der Waals surface area (Å²) in [6.07, 6.45) is 0.802. The molecular formula is C26H21FN4O3. The van der Waals surface area contributed by atoms with Crippen molar-refractivity contribution < 1.29 is 14.0 Å². The minimum absolute atomic E-state index is 0.109. The number of likely N-dealkylation sites (tertiary alicyclic amines) is 1. The van der Waals surface area contributed by atoms with Crippen LogP contribution >= 0.6 is 0 Å². The van der Waals surface area contributed by atoms with Crippen molar-refractivity contribution in [3.05, 3.63) is 99.2 Å². The molecule has 2 aliphatic rings. The number of amides is 2. The maximum atomic E-state index is 13.3. The molecule has 2 atom stereocenters. The molecule has 2 bridgehead atoms. The molecule has 1 aromatic heterocycles. The fraction of sp³-hybridized carbons (Fsp3) is 0.231. The number of nitriles is 1. The second-order valence-corrected chi connectivity index (χ2v) is 8.74.